The number of aromatic amines is 1. The summed E-state index contributed by atoms with van der Waals surface area (Å²) in [5.41, 5.74) is 3.19. The number of nitrogens with zero attached hydrogens (tertiary/aromatic N) is 2. The summed E-state index contributed by atoms with van der Waals surface area (Å²) in [6.07, 6.45) is 3.50. The van der Waals surface area contributed by atoms with Gasteiger partial charge in [-0.15, -0.1) is 11.3 Å². The maximum Gasteiger partial charge on any atom is 0.345 e. The van der Waals surface area contributed by atoms with E-state index in [1.165, 1.54) is 11.3 Å². The Bertz CT molecular complexity index is 1560. The number of para-hydroxylation sites is 1. The second kappa shape index (κ2) is 7.86. The summed E-state index contributed by atoms with van der Waals surface area (Å²) >= 11 is 1.30. The minimum Gasteiger partial charge on any atom is -0.422 e. The molecule has 2 aromatic carbocycles. The second-order valence-electron chi connectivity index (χ2n) is 6.81. The zero-order valence-electron chi connectivity index (χ0n) is 16.1. The fraction of sp³-hybridized carbons (Fsp3) is 0. The van der Waals surface area contributed by atoms with E-state index in [0.717, 1.165) is 22.0 Å². The normalized spacial score (nSPS) is 11.5. The average molecular weight is 423 g/mol. The molecule has 0 aliphatic rings. The maximum atomic E-state index is 12.4. The number of allylic oxidation sites excluding steroid dienone is 1. The summed E-state index contributed by atoms with van der Waals surface area (Å²) in [5.74, 6) is 0. The van der Waals surface area contributed by atoms with Crippen molar-refractivity contribution in [1.29, 1.82) is 5.26 Å². The Morgan fingerprint density at radius 2 is 2.00 bits per heavy atom. The maximum absolute atomic E-state index is 12.4. The zero-order chi connectivity index (χ0) is 21.2. The Labute approximate surface area is 180 Å². The molecule has 0 saturated carbocycles. The minimum absolute atomic E-state index is 0.372. The van der Waals surface area contributed by atoms with Crippen molar-refractivity contribution < 1.29 is 9.40 Å². The molecule has 0 aliphatic carbocycles. The van der Waals surface area contributed by atoms with E-state index in [2.05, 4.69) is 21.4 Å². The van der Waals surface area contributed by atoms with Gasteiger partial charge in [-0.3, -0.25) is 0 Å². The van der Waals surface area contributed by atoms with E-state index >= 15 is 0 Å². The molecule has 0 aliphatic heterocycles. The smallest absolute Gasteiger partial charge is 0.345 e. The number of pyridine rings is 1. The molecular weight excluding hydrogens is 408 g/mol. The molecule has 3 heterocycles. The summed E-state index contributed by atoms with van der Waals surface area (Å²) in [5, 5.41) is 16.9. The van der Waals surface area contributed by atoms with Crippen LogP contribution in [0.4, 0.5) is 5.69 Å². The summed E-state index contributed by atoms with van der Waals surface area (Å²) in [7, 11) is 0. The molecule has 3 aromatic heterocycles. The lowest BCUT2D eigenvalue weighted by Gasteiger charge is -2.02. The second-order valence-corrected chi connectivity index (χ2v) is 7.67. The van der Waals surface area contributed by atoms with Gasteiger partial charge in [-0.25, -0.2) is 14.8 Å². The Morgan fingerprint density at radius 3 is 2.90 bits per heavy atom. The number of nitriles is 1. The van der Waals surface area contributed by atoms with Crippen LogP contribution in [0.2, 0.25) is 0 Å². The van der Waals surface area contributed by atoms with Gasteiger partial charge < -0.3 is 9.73 Å². The summed E-state index contributed by atoms with van der Waals surface area (Å²) in [4.78, 5) is 20.1. The lowest BCUT2D eigenvalue weighted by molar-refractivity contribution is -0.344. The molecule has 0 spiro atoms. The van der Waals surface area contributed by atoms with Crippen molar-refractivity contribution in [2.45, 2.75) is 0 Å². The Balaban J connectivity index is 1.45. The minimum atomic E-state index is -0.455. The van der Waals surface area contributed by atoms with Crippen molar-refractivity contribution in [2.24, 2.45) is 0 Å². The topological polar surface area (TPSA) is 93.1 Å². The van der Waals surface area contributed by atoms with Gasteiger partial charge in [0.15, 0.2) is 6.20 Å². The molecule has 5 rings (SSSR count). The fourth-order valence-corrected chi connectivity index (χ4v) is 4.06. The quantitative estimate of drug-likeness (QED) is 0.329. The molecule has 148 valence electrons. The molecule has 7 heteroatoms. The zero-order valence-corrected chi connectivity index (χ0v) is 16.9. The molecule has 0 unspecified atom stereocenters. The summed E-state index contributed by atoms with van der Waals surface area (Å²) in [6.45, 7) is 0. The largest absolute Gasteiger partial charge is 0.422 e. The van der Waals surface area contributed by atoms with Gasteiger partial charge in [-0.2, -0.15) is 5.26 Å². The Morgan fingerprint density at radius 1 is 1.13 bits per heavy atom. The number of aromatic nitrogens is 2. The highest BCUT2D eigenvalue weighted by Gasteiger charge is 2.14. The first-order chi connectivity index (χ1) is 15.2. The van der Waals surface area contributed by atoms with E-state index in [0.29, 0.717) is 27.4 Å². The first kappa shape index (κ1) is 18.7. The van der Waals surface area contributed by atoms with Gasteiger partial charge in [0.1, 0.15) is 22.2 Å². The first-order valence-corrected chi connectivity index (χ1v) is 10.4. The van der Waals surface area contributed by atoms with Crippen LogP contribution in [0, 0.1) is 11.3 Å². The number of hydrogen-bond acceptors (Lipinski definition) is 6. The Hall–Kier alpha value is -4.28. The lowest BCUT2D eigenvalue weighted by Crippen LogP contribution is -2.03. The third kappa shape index (κ3) is 3.68. The van der Waals surface area contributed by atoms with E-state index in [-0.39, 0.29) is 0 Å². The van der Waals surface area contributed by atoms with Crippen LogP contribution in [-0.2, 0) is 0 Å². The number of hydrogen-bond donors (Lipinski definition) is 1. The van der Waals surface area contributed by atoms with Gasteiger partial charge >= 0.3 is 5.63 Å². The third-order valence-corrected chi connectivity index (χ3v) is 5.69. The molecule has 5 aromatic rings. The standard InChI is InChI=1S/C24H14N4O2S/c25-12-17(13-27-18-7-8-20-15(10-18)5-3-9-26-20)23-28-21(14-31-23)19-11-16-4-1-2-6-22(16)30-24(19)29/h1-11,13-14,27H/p+1. The highest BCUT2D eigenvalue weighted by Crippen LogP contribution is 2.26. The summed E-state index contributed by atoms with van der Waals surface area (Å²) in [6, 6.07) is 21.1. The van der Waals surface area contributed by atoms with Crippen LogP contribution >= 0.6 is 11.3 Å². The van der Waals surface area contributed by atoms with Crippen molar-refractivity contribution >= 4 is 44.5 Å². The fourth-order valence-electron chi connectivity index (χ4n) is 3.27. The van der Waals surface area contributed by atoms with Crippen LogP contribution in [0.3, 0.4) is 0 Å². The number of benzene rings is 2. The van der Waals surface area contributed by atoms with Crippen molar-refractivity contribution in [1.82, 2.24) is 4.98 Å². The van der Waals surface area contributed by atoms with Gasteiger partial charge in [0.05, 0.1) is 11.3 Å². The first-order valence-electron chi connectivity index (χ1n) is 9.48. The average Bonchev–Trinajstić information content (AvgIpc) is 3.28. The molecule has 31 heavy (non-hydrogen) atoms. The van der Waals surface area contributed by atoms with E-state index < -0.39 is 5.63 Å². The van der Waals surface area contributed by atoms with Crippen LogP contribution in [-0.4, -0.2) is 4.98 Å². The molecule has 0 fully saturated rings. The van der Waals surface area contributed by atoms with E-state index in [1.807, 2.05) is 54.7 Å². The molecule has 0 radical (unpaired) electrons. The van der Waals surface area contributed by atoms with Gasteiger partial charge in [-0.1, -0.05) is 18.2 Å². The highest BCUT2D eigenvalue weighted by atomic mass is 32.1. The molecule has 0 saturated heterocycles. The van der Waals surface area contributed by atoms with E-state index in [4.69, 9.17) is 4.42 Å². The Kier molecular flexibility index (Phi) is 4.75. The number of nitrogens with one attached hydrogen (secondary N) is 2. The van der Waals surface area contributed by atoms with Crippen LogP contribution in [0.25, 0.3) is 38.7 Å². The monoisotopic (exact) mass is 423 g/mol. The van der Waals surface area contributed by atoms with Gasteiger partial charge in [0.25, 0.3) is 0 Å². The SMILES string of the molecule is N#CC(=CNc1ccc2[nH+]cccc2c1)c1nc(-c2cc3ccccc3oc2=O)cs1. The molecule has 0 bridgehead atoms. The van der Waals surface area contributed by atoms with Crippen LogP contribution in [0.1, 0.15) is 5.01 Å². The van der Waals surface area contributed by atoms with Crippen LogP contribution < -0.4 is 15.9 Å². The predicted octanol–water partition coefficient (Wildman–Crippen LogP) is 4.86. The number of rotatable bonds is 4. The number of thiazole rings is 1. The number of fused-ring (bicyclic) bond motifs is 2. The molecule has 0 atom stereocenters. The molecular formula is C24H15N4O2S+. The predicted molar refractivity (Wildman–Crippen MR) is 121 cm³/mol. The summed E-state index contributed by atoms with van der Waals surface area (Å²) < 4.78 is 5.40. The van der Waals surface area contributed by atoms with Gasteiger partial charge in [0.2, 0.25) is 5.52 Å². The highest BCUT2D eigenvalue weighted by molar-refractivity contribution is 7.11. The van der Waals surface area contributed by atoms with Crippen LogP contribution in [0.5, 0.6) is 0 Å². The molecule has 0 amide bonds. The van der Waals surface area contributed by atoms with Crippen molar-refractivity contribution in [2.75, 3.05) is 5.32 Å². The third-order valence-electron chi connectivity index (χ3n) is 4.82. The molecule has 6 nitrogen and oxygen atoms in total. The van der Waals surface area contributed by atoms with Crippen molar-refractivity contribution in [3.8, 4) is 17.3 Å². The lowest BCUT2D eigenvalue weighted by atomic mass is 10.1. The number of H-pyrrole nitrogens is 1. The van der Waals surface area contributed by atoms with Crippen molar-refractivity contribution in [3.05, 3.63) is 93.9 Å². The van der Waals surface area contributed by atoms with E-state index in [9.17, 15) is 10.1 Å². The van der Waals surface area contributed by atoms with Crippen LogP contribution in [0.15, 0.2) is 87.7 Å². The van der Waals surface area contributed by atoms with Gasteiger partial charge in [0, 0.05) is 40.2 Å². The van der Waals surface area contributed by atoms with E-state index in [1.54, 1.807) is 23.7 Å². The number of anilines is 1. The van der Waals surface area contributed by atoms with Crippen molar-refractivity contribution in [3.63, 3.8) is 0 Å². The molecule has 2 N–H and O–H groups in total. The van der Waals surface area contributed by atoms with Gasteiger partial charge in [-0.05, 0) is 30.3 Å².